The SMILES string of the molecule is CC(C)C[C@H](N)CC(=O)OCc1cc(Cl)nc(Cl)c1. The number of carbonyl (C=O) groups is 1. The van der Waals surface area contributed by atoms with Crippen molar-refractivity contribution in [1.82, 2.24) is 4.98 Å². The van der Waals surface area contributed by atoms with E-state index < -0.39 is 0 Å². The summed E-state index contributed by atoms with van der Waals surface area (Å²) < 4.78 is 5.13. The zero-order chi connectivity index (χ0) is 14.4. The third kappa shape index (κ3) is 6.76. The van der Waals surface area contributed by atoms with Crippen molar-refractivity contribution in [3.63, 3.8) is 0 Å². The number of aromatic nitrogens is 1. The van der Waals surface area contributed by atoms with Crippen LogP contribution < -0.4 is 5.73 Å². The summed E-state index contributed by atoms with van der Waals surface area (Å²) in [4.78, 5) is 15.4. The van der Waals surface area contributed by atoms with Crippen molar-refractivity contribution in [1.29, 1.82) is 0 Å². The molecule has 0 amide bonds. The Morgan fingerprint density at radius 3 is 2.47 bits per heavy atom. The zero-order valence-electron chi connectivity index (χ0n) is 11.0. The van der Waals surface area contributed by atoms with Gasteiger partial charge in [-0.1, -0.05) is 37.0 Å². The Kier molecular flexibility index (Phi) is 6.55. The van der Waals surface area contributed by atoms with E-state index in [2.05, 4.69) is 18.8 Å². The Morgan fingerprint density at radius 2 is 1.95 bits per heavy atom. The van der Waals surface area contributed by atoms with Crippen LogP contribution >= 0.6 is 23.2 Å². The average molecular weight is 305 g/mol. The van der Waals surface area contributed by atoms with E-state index in [4.69, 9.17) is 33.7 Å². The van der Waals surface area contributed by atoms with Gasteiger partial charge < -0.3 is 10.5 Å². The minimum Gasteiger partial charge on any atom is -0.461 e. The van der Waals surface area contributed by atoms with Gasteiger partial charge in [0, 0.05) is 6.04 Å². The number of rotatable bonds is 6. The van der Waals surface area contributed by atoms with Gasteiger partial charge in [-0.05, 0) is 30.0 Å². The van der Waals surface area contributed by atoms with Crippen molar-refractivity contribution in [2.45, 2.75) is 39.3 Å². The first-order valence-electron chi connectivity index (χ1n) is 6.10. The highest BCUT2D eigenvalue weighted by Crippen LogP contribution is 2.15. The van der Waals surface area contributed by atoms with Crippen molar-refractivity contribution >= 4 is 29.2 Å². The monoisotopic (exact) mass is 304 g/mol. The second-order valence-corrected chi connectivity index (χ2v) is 5.65. The maximum absolute atomic E-state index is 11.6. The Labute approximate surface area is 123 Å². The van der Waals surface area contributed by atoms with Crippen LogP contribution in [0.25, 0.3) is 0 Å². The number of esters is 1. The van der Waals surface area contributed by atoms with E-state index in [1.165, 1.54) is 0 Å². The lowest BCUT2D eigenvalue weighted by Crippen LogP contribution is -2.26. The first-order valence-corrected chi connectivity index (χ1v) is 6.85. The van der Waals surface area contributed by atoms with Gasteiger partial charge in [0.05, 0.1) is 6.42 Å². The van der Waals surface area contributed by atoms with Crippen molar-refractivity contribution in [2.24, 2.45) is 11.7 Å². The fraction of sp³-hybridized carbons (Fsp3) is 0.538. The lowest BCUT2D eigenvalue weighted by atomic mass is 10.0. The number of halogens is 2. The minimum atomic E-state index is -0.322. The van der Waals surface area contributed by atoms with Gasteiger partial charge in [-0.25, -0.2) is 4.98 Å². The van der Waals surface area contributed by atoms with Crippen LogP contribution in [-0.2, 0) is 16.1 Å². The summed E-state index contributed by atoms with van der Waals surface area (Å²) in [5.41, 5.74) is 6.54. The molecule has 0 spiro atoms. The normalized spacial score (nSPS) is 12.5. The molecule has 1 aromatic heterocycles. The van der Waals surface area contributed by atoms with Crippen LogP contribution in [0.4, 0.5) is 0 Å². The first-order chi connectivity index (χ1) is 8.86. The largest absolute Gasteiger partial charge is 0.461 e. The van der Waals surface area contributed by atoms with Gasteiger partial charge in [0.15, 0.2) is 0 Å². The Hall–Kier alpha value is -0.840. The molecule has 19 heavy (non-hydrogen) atoms. The molecule has 0 aliphatic rings. The third-order valence-corrected chi connectivity index (χ3v) is 2.81. The molecule has 6 heteroatoms. The fourth-order valence-corrected chi connectivity index (χ4v) is 2.23. The number of nitrogens with two attached hydrogens (primary N) is 1. The molecule has 0 saturated heterocycles. The fourth-order valence-electron chi connectivity index (χ4n) is 1.72. The standard InChI is InChI=1S/C13H18Cl2N2O2/c1-8(2)3-10(16)6-13(18)19-7-9-4-11(14)17-12(15)5-9/h4-5,8,10H,3,6-7,16H2,1-2H3/t10-/m0/s1. The first kappa shape index (κ1) is 16.2. The van der Waals surface area contributed by atoms with E-state index >= 15 is 0 Å². The minimum absolute atomic E-state index is 0.120. The summed E-state index contributed by atoms with van der Waals surface area (Å²) >= 11 is 11.5. The van der Waals surface area contributed by atoms with E-state index in [1.54, 1.807) is 12.1 Å². The molecule has 0 fully saturated rings. The molecule has 0 saturated carbocycles. The molecular weight excluding hydrogens is 287 g/mol. The van der Waals surface area contributed by atoms with Crippen LogP contribution in [0.2, 0.25) is 10.3 Å². The zero-order valence-corrected chi connectivity index (χ0v) is 12.5. The topological polar surface area (TPSA) is 65.2 Å². The predicted molar refractivity (Wildman–Crippen MR) is 76.1 cm³/mol. The van der Waals surface area contributed by atoms with Crippen LogP contribution in [-0.4, -0.2) is 17.0 Å². The van der Waals surface area contributed by atoms with Crippen LogP contribution in [0.5, 0.6) is 0 Å². The van der Waals surface area contributed by atoms with Crippen LogP contribution in [0.3, 0.4) is 0 Å². The van der Waals surface area contributed by atoms with Crippen molar-refractivity contribution in [3.8, 4) is 0 Å². The lowest BCUT2D eigenvalue weighted by molar-refractivity contribution is -0.145. The summed E-state index contributed by atoms with van der Waals surface area (Å²) in [6.45, 7) is 4.24. The van der Waals surface area contributed by atoms with Gasteiger partial charge >= 0.3 is 5.97 Å². The highest BCUT2D eigenvalue weighted by Gasteiger charge is 2.12. The molecule has 1 atom stereocenters. The second-order valence-electron chi connectivity index (χ2n) is 4.88. The highest BCUT2D eigenvalue weighted by atomic mass is 35.5. The van der Waals surface area contributed by atoms with Gasteiger partial charge in [0.1, 0.15) is 16.9 Å². The molecule has 0 radical (unpaired) electrons. The third-order valence-electron chi connectivity index (χ3n) is 2.43. The van der Waals surface area contributed by atoms with E-state index in [9.17, 15) is 4.79 Å². The predicted octanol–water partition coefficient (Wildman–Crippen LogP) is 3.20. The smallest absolute Gasteiger partial charge is 0.307 e. The van der Waals surface area contributed by atoms with Gasteiger partial charge in [0.2, 0.25) is 0 Å². The molecule has 2 N–H and O–H groups in total. The van der Waals surface area contributed by atoms with Crippen LogP contribution in [0.1, 0.15) is 32.3 Å². The number of pyridine rings is 1. The summed E-state index contributed by atoms with van der Waals surface area (Å²) in [5.74, 6) is 0.137. The molecule has 1 heterocycles. The number of nitrogens with zero attached hydrogens (tertiary/aromatic N) is 1. The Bertz CT molecular complexity index is 418. The van der Waals surface area contributed by atoms with Gasteiger partial charge in [-0.3, -0.25) is 4.79 Å². The molecular formula is C13H18Cl2N2O2. The second kappa shape index (κ2) is 7.68. The quantitative estimate of drug-likeness (QED) is 0.647. The number of hydrogen-bond donors (Lipinski definition) is 1. The molecule has 1 rings (SSSR count). The van der Waals surface area contributed by atoms with Crippen molar-refractivity contribution in [2.75, 3.05) is 0 Å². The molecule has 0 bridgehead atoms. The maximum Gasteiger partial charge on any atom is 0.307 e. The number of carbonyl (C=O) groups excluding carboxylic acids is 1. The molecule has 4 nitrogen and oxygen atoms in total. The number of ether oxygens (including phenoxy) is 1. The average Bonchev–Trinajstić information content (AvgIpc) is 2.23. The maximum atomic E-state index is 11.6. The van der Waals surface area contributed by atoms with Crippen molar-refractivity contribution < 1.29 is 9.53 Å². The molecule has 0 aliphatic heterocycles. The van der Waals surface area contributed by atoms with Crippen molar-refractivity contribution in [3.05, 3.63) is 28.0 Å². The summed E-state index contributed by atoms with van der Waals surface area (Å²) in [5, 5.41) is 0.546. The van der Waals surface area contributed by atoms with Gasteiger partial charge in [-0.2, -0.15) is 0 Å². The molecule has 0 unspecified atom stereocenters. The van der Waals surface area contributed by atoms with E-state index in [0.717, 1.165) is 6.42 Å². The van der Waals surface area contributed by atoms with Gasteiger partial charge in [-0.15, -0.1) is 0 Å². The number of hydrogen-bond acceptors (Lipinski definition) is 4. The summed E-state index contributed by atoms with van der Waals surface area (Å²) in [6, 6.07) is 3.04. The van der Waals surface area contributed by atoms with E-state index in [-0.39, 0.29) is 35.3 Å². The summed E-state index contributed by atoms with van der Waals surface area (Å²) in [6.07, 6.45) is 1.01. The molecule has 0 aromatic carbocycles. The lowest BCUT2D eigenvalue weighted by Gasteiger charge is -2.13. The Morgan fingerprint density at radius 1 is 1.37 bits per heavy atom. The highest BCUT2D eigenvalue weighted by molar-refractivity contribution is 6.32. The molecule has 106 valence electrons. The Balaban J connectivity index is 2.41. The molecule has 0 aliphatic carbocycles. The van der Waals surface area contributed by atoms with E-state index in [0.29, 0.717) is 11.5 Å². The summed E-state index contributed by atoms with van der Waals surface area (Å²) in [7, 11) is 0. The molecule has 1 aromatic rings. The van der Waals surface area contributed by atoms with Crippen LogP contribution in [0, 0.1) is 5.92 Å². The van der Waals surface area contributed by atoms with Gasteiger partial charge in [0.25, 0.3) is 0 Å². The van der Waals surface area contributed by atoms with E-state index in [1.807, 2.05) is 0 Å². The van der Waals surface area contributed by atoms with Crippen LogP contribution in [0.15, 0.2) is 12.1 Å².